The van der Waals surface area contributed by atoms with E-state index in [1.54, 1.807) is 25.1 Å². The number of nitrogen functional groups attached to an aromatic ring is 1. The largest absolute Gasteiger partial charge is 0.381 e. The molecule has 2 aliphatic rings. The molecule has 3 heterocycles. The van der Waals surface area contributed by atoms with Crippen LogP contribution >= 0.6 is 0 Å². The summed E-state index contributed by atoms with van der Waals surface area (Å²) in [6.45, 7) is 3.49. The molecule has 5 rings (SSSR count). The molecule has 1 saturated heterocycles. The van der Waals surface area contributed by atoms with Gasteiger partial charge >= 0.3 is 0 Å². The predicted molar refractivity (Wildman–Crippen MR) is 145 cm³/mol. The number of pyridine rings is 1. The summed E-state index contributed by atoms with van der Waals surface area (Å²) in [6, 6.07) is 13.1. The van der Waals surface area contributed by atoms with E-state index in [0.29, 0.717) is 22.6 Å². The van der Waals surface area contributed by atoms with Gasteiger partial charge in [-0.25, -0.2) is 14.4 Å². The van der Waals surface area contributed by atoms with E-state index in [1.807, 2.05) is 23.1 Å². The number of amides is 1. The predicted octanol–water partition coefficient (Wildman–Crippen LogP) is 3.10. The Morgan fingerprint density at radius 3 is 2.77 bits per heavy atom. The number of carbonyl (C=O) groups excluding carboxylic acids is 1. The van der Waals surface area contributed by atoms with Crippen LogP contribution in [0.4, 0.5) is 10.2 Å². The number of anilines is 1. The van der Waals surface area contributed by atoms with E-state index >= 15 is 0 Å². The molecule has 4 N–H and O–H groups in total. The molecule has 39 heavy (non-hydrogen) atoms. The SMILES string of the molecule is Cc1c(C#N)cccc1-c1nc(N)c(F)c(C(C=NCc2cccc(C3CCN(C=O)CC34CC4)n2)=NN)n1. The zero-order valence-electron chi connectivity index (χ0n) is 21.5. The number of aromatic nitrogens is 3. The van der Waals surface area contributed by atoms with Crippen molar-refractivity contribution in [2.24, 2.45) is 21.4 Å². The fourth-order valence-electron chi connectivity index (χ4n) is 5.33. The van der Waals surface area contributed by atoms with Crippen molar-refractivity contribution in [3.8, 4) is 17.5 Å². The van der Waals surface area contributed by atoms with Gasteiger partial charge in [0.1, 0.15) is 11.4 Å². The number of likely N-dealkylation sites (tertiary alicyclic amines) is 1. The van der Waals surface area contributed by atoms with E-state index in [9.17, 15) is 14.4 Å². The van der Waals surface area contributed by atoms with Crippen molar-refractivity contribution in [1.29, 1.82) is 5.26 Å². The van der Waals surface area contributed by atoms with E-state index in [1.165, 1.54) is 6.21 Å². The van der Waals surface area contributed by atoms with Crippen LogP contribution < -0.4 is 11.6 Å². The lowest BCUT2D eigenvalue weighted by Gasteiger charge is -2.37. The Balaban J connectivity index is 1.37. The van der Waals surface area contributed by atoms with Gasteiger partial charge in [0.25, 0.3) is 0 Å². The molecule has 0 radical (unpaired) electrons. The minimum absolute atomic E-state index is 0.00809. The smallest absolute Gasteiger partial charge is 0.209 e. The van der Waals surface area contributed by atoms with Crippen molar-refractivity contribution in [3.63, 3.8) is 0 Å². The molecule has 1 aliphatic heterocycles. The highest BCUT2D eigenvalue weighted by Crippen LogP contribution is 2.59. The molecule has 1 saturated carbocycles. The summed E-state index contributed by atoms with van der Waals surface area (Å²) < 4.78 is 15.0. The molecule has 1 aromatic carbocycles. The Bertz CT molecular complexity index is 1520. The Labute approximate surface area is 225 Å². The number of rotatable bonds is 7. The van der Waals surface area contributed by atoms with Crippen molar-refractivity contribution in [2.45, 2.75) is 38.6 Å². The Kier molecular flexibility index (Phi) is 7.02. The van der Waals surface area contributed by atoms with E-state index in [4.69, 9.17) is 16.6 Å². The first-order chi connectivity index (χ1) is 18.9. The van der Waals surface area contributed by atoms with Gasteiger partial charge in [-0.05, 0) is 55.4 Å². The van der Waals surface area contributed by atoms with Gasteiger partial charge in [0.05, 0.1) is 30.1 Å². The second kappa shape index (κ2) is 10.6. The lowest BCUT2D eigenvalue weighted by molar-refractivity contribution is -0.120. The molecule has 198 valence electrons. The average molecular weight is 526 g/mol. The molecule has 1 unspecified atom stereocenters. The minimum Gasteiger partial charge on any atom is -0.381 e. The summed E-state index contributed by atoms with van der Waals surface area (Å²) in [6.07, 6.45) is 5.35. The van der Waals surface area contributed by atoms with Crippen LogP contribution in [-0.2, 0) is 11.3 Å². The lowest BCUT2D eigenvalue weighted by Crippen LogP contribution is -2.40. The van der Waals surface area contributed by atoms with Crippen LogP contribution in [0, 0.1) is 29.5 Å². The zero-order chi connectivity index (χ0) is 27.6. The number of hydrogen-bond donors (Lipinski definition) is 2. The van der Waals surface area contributed by atoms with Crippen LogP contribution in [0.2, 0.25) is 0 Å². The van der Waals surface area contributed by atoms with Crippen molar-refractivity contribution < 1.29 is 9.18 Å². The number of nitriles is 1. The Morgan fingerprint density at radius 1 is 1.26 bits per heavy atom. The average Bonchev–Trinajstić information content (AvgIpc) is 3.72. The van der Waals surface area contributed by atoms with Gasteiger partial charge in [-0.1, -0.05) is 18.2 Å². The molecule has 0 bridgehead atoms. The van der Waals surface area contributed by atoms with E-state index in [2.05, 4.69) is 26.1 Å². The molecular weight excluding hydrogens is 497 g/mol. The van der Waals surface area contributed by atoms with Crippen LogP contribution in [0.1, 0.15) is 53.4 Å². The number of nitrogens with two attached hydrogens (primary N) is 2. The summed E-state index contributed by atoms with van der Waals surface area (Å²) in [5.74, 6) is 4.82. The van der Waals surface area contributed by atoms with Crippen molar-refractivity contribution in [1.82, 2.24) is 19.9 Å². The number of benzene rings is 1. The third-order valence-electron chi connectivity index (χ3n) is 7.61. The highest BCUT2D eigenvalue weighted by atomic mass is 19.1. The number of nitrogens with zero attached hydrogens (tertiary/aromatic N) is 7. The monoisotopic (exact) mass is 525 g/mol. The summed E-state index contributed by atoms with van der Waals surface area (Å²) in [7, 11) is 0. The number of aliphatic imine (C=N–C) groups is 1. The Hall–Kier alpha value is -4.72. The standard InChI is InChI=1S/C28H28FN9O/c1-17-18(12-30)4-2-6-20(17)27-35-25(24(29)26(31)36-27)23(37-32)14-33-13-19-5-3-7-22(34-19)21-8-11-38(16-39)15-28(21)9-10-28/h2-7,14,16,21H,8-11,13,15,32H2,1H3,(H2,31,35,36). The molecular formula is C28H28FN9O. The van der Waals surface area contributed by atoms with Crippen molar-refractivity contribution in [2.75, 3.05) is 18.8 Å². The summed E-state index contributed by atoms with van der Waals surface area (Å²) in [4.78, 5) is 30.8. The normalized spacial score (nSPS) is 18.3. The maximum Gasteiger partial charge on any atom is 0.209 e. The molecule has 1 atom stereocenters. The van der Waals surface area contributed by atoms with E-state index < -0.39 is 5.82 Å². The maximum absolute atomic E-state index is 15.0. The summed E-state index contributed by atoms with van der Waals surface area (Å²) >= 11 is 0. The second-order valence-corrected chi connectivity index (χ2v) is 10.0. The molecule has 1 amide bonds. The first-order valence-electron chi connectivity index (χ1n) is 12.7. The molecule has 2 aromatic heterocycles. The molecule has 1 aliphatic carbocycles. The number of halogens is 1. The third-order valence-corrected chi connectivity index (χ3v) is 7.61. The van der Waals surface area contributed by atoms with E-state index in [0.717, 1.165) is 50.1 Å². The van der Waals surface area contributed by atoms with Crippen LogP contribution in [-0.4, -0.2) is 51.3 Å². The number of hydrogen-bond acceptors (Lipinski definition) is 9. The maximum atomic E-state index is 15.0. The van der Waals surface area contributed by atoms with Gasteiger partial charge in [0, 0.05) is 30.3 Å². The van der Waals surface area contributed by atoms with Crippen molar-refractivity contribution >= 4 is 24.2 Å². The molecule has 3 aromatic rings. The fourth-order valence-corrected chi connectivity index (χ4v) is 5.33. The second-order valence-electron chi connectivity index (χ2n) is 10.0. The molecule has 2 fully saturated rings. The van der Waals surface area contributed by atoms with Crippen LogP contribution in [0.15, 0.2) is 46.5 Å². The van der Waals surface area contributed by atoms with Crippen LogP contribution in [0.25, 0.3) is 11.4 Å². The quantitative estimate of drug-likeness (QED) is 0.207. The van der Waals surface area contributed by atoms with Gasteiger partial charge < -0.3 is 16.5 Å². The molecule has 11 heteroatoms. The van der Waals surface area contributed by atoms with Gasteiger partial charge in [0.2, 0.25) is 6.41 Å². The van der Waals surface area contributed by atoms with Gasteiger partial charge in [-0.2, -0.15) is 10.4 Å². The first-order valence-corrected chi connectivity index (χ1v) is 12.7. The van der Waals surface area contributed by atoms with Crippen LogP contribution in [0.5, 0.6) is 0 Å². The minimum atomic E-state index is -0.861. The topological polar surface area (TPSA) is 160 Å². The number of piperidine rings is 1. The van der Waals surface area contributed by atoms with Gasteiger partial charge in [0.15, 0.2) is 17.5 Å². The zero-order valence-corrected chi connectivity index (χ0v) is 21.5. The number of hydrazone groups is 1. The number of carbonyl (C=O) groups is 1. The van der Waals surface area contributed by atoms with Gasteiger partial charge in [-0.15, -0.1) is 0 Å². The molecule has 1 spiro atoms. The van der Waals surface area contributed by atoms with Crippen molar-refractivity contribution in [3.05, 3.63) is 70.4 Å². The van der Waals surface area contributed by atoms with Gasteiger partial charge in [-0.3, -0.25) is 14.8 Å². The highest BCUT2D eigenvalue weighted by molar-refractivity contribution is 6.37. The Morgan fingerprint density at radius 2 is 2.05 bits per heavy atom. The summed E-state index contributed by atoms with van der Waals surface area (Å²) in [5, 5.41) is 13.0. The van der Waals surface area contributed by atoms with Crippen LogP contribution in [0.3, 0.4) is 0 Å². The summed E-state index contributed by atoms with van der Waals surface area (Å²) in [5.41, 5.74) is 9.19. The van der Waals surface area contributed by atoms with E-state index in [-0.39, 0.29) is 35.0 Å². The molecule has 10 nitrogen and oxygen atoms in total. The highest BCUT2D eigenvalue weighted by Gasteiger charge is 2.53. The fraction of sp³-hybridized carbons (Fsp3) is 0.321. The first kappa shape index (κ1) is 25.9. The third kappa shape index (κ3) is 5.05. The lowest BCUT2D eigenvalue weighted by atomic mass is 9.80.